The van der Waals surface area contributed by atoms with Crippen molar-refractivity contribution in [2.24, 2.45) is 0 Å². The van der Waals surface area contributed by atoms with E-state index in [0.29, 0.717) is 6.61 Å². The lowest BCUT2D eigenvalue weighted by molar-refractivity contribution is 0.338. The molecule has 2 heterocycles. The molecule has 102 valence electrons. The third-order valence-electron chi connectivity index (χ3n) is 3.09. The Labute approximate surface area is 118 Å². The van der Waals surface area contributed by atoms with Crippen molar-refractivity contribution in [2.75, 3.05) is 13.7 Å². The van der Waals surface area contributed by atoms with E-state index in [1.54, 1.807) is 17.5 Å². The maximum Gasteiger partial charge on any atom is 0.137 e. The van der Waals surface area contributed by atoms with E-state index in [9.17, 15) is 0 Å². The number of pyridine rings is 1. The standard InChI is InChI=1S/C15H20N2OS/c1-4-11-6-7-19-15(11)14(16-3)12-8-13(18-5-2)10-17-9-12/h6-10,14,16H,4-5H2,1-3H3. The predicted octanol–water partition coefficient (Wildman–Crippen LogP) is 3.41. The van der Waals surface area contributed by atoms with Gasteiger partial charge in [-0.15, -0.1) is 11.3 Å². The summed E-state index contributed by atoms with van der Waals surface area (Å²) in [4.78, 5) is 5.64. The van der Waals surface area contributed by atoms with Crippen molar-refractivity contribution < 1.29 is 4.74 Å². The van der Waals surface area contributed by atoms with Gasteiger partial charge in [0.2, 0.25) is 0 Å². The smallest absolute Gasteiger partial charge is 0.137 e. The van der Waals surface area contributed by atoms with Gasteiger partial charge in [0, 0.05) is 11.1 Å². The number of aromatic nitrogens is 1. The van der Waals surface area contributed by atoms with Gasteiger partial charge in [0.1, 0.15) is 5.75 Å². The Kier molecular flexibility index (Phi) is 4.93. The molecular formula is C15H20N2OS. The van der Waals surface area contributed by atoms with Gasteiger partial charge >= 0.3 is 0 Å². The van der Waals surface area contributed by atoms with Crippen LogP contribution in [0.4, 0.5) is 0 Å². The zero-order valence-electron chi connectivity index (χ0n) is 11.6. The average Bonchev–Trinajstić information content (AvgIpc) is 2.89. The Hall–Kier alpha value is -1.39. The molecule has 1 N–H and O–H groups in total. The van der Waals surface area contributed by atoms with Crippen molar-refractivity contribution in [1.82, 2.24) is 10.3 Å². The van der Waals surface area contributed by atoms with Gasteiger partial charge in [0.15, 0.2) is 0 Å². The molecule has 4 heteroatoms. The van der Waals surface area contributed by atoms with Gasteiger partial charge in [-0.25, -0.2) is 0 Å². The highest BCUT2D eigenvalue weighted by atomic mass is 32.1. The normalized spacial score (nSPS) is 12.4. The van der Waals surface area contributed by atoms with Crippen molar-refractivity contribution in [3.05, 3.63) is 45.9 Å². The van der Waals surface area contributed by atoms with Crippen LogP contribution in [-0.4, -0.2) is 18.6 Å². The number of nitrogens with zero attached hydrogens (tertiary/aromatic N) is 1. The number of thiophene rings is 1. The second kappa shape index (κ2) is 6.68. The molecule has 0 aliphatic heterocycles. The van der Waals surface area contributed by atoms with Gasteiger partial charge in [-0.3, -0.25) is 4.98 Å². The lowest BCUT2D eigenvalue weighted by Crippen LogP contribution is -2.18. The maximum atomic E-state index is 5.53. The molecule has 19 heavy (non-hydrogen) atoms. The van der Waals surface area contributed by atoms with Gasteiger partial charge in [-0.2, -0.15) is 0 Å². The summed E-state index contributed by atoms with van der Waals surface area (Å²) in [6.45, 7) is 4.83. The summed E-state index contributed by atoms with van der Waals surface area (Å²) < 4.78 is 5.53. The lowest BCUT2D eigenvalue weighted by Gasteiger charge is -2.17. The number of hydrogen-bond donors (Lipinski definition) is 1. The Balaban J connectivity index is 2.34. The minimum absolute atomic E-state index is 0.183. The number of hydrogen-bond acceptors (Lipinski definition) is 4. The molecule has 0 saturated carbocycles. The van der Waals surface area contributed by atoms with Gasteiger partial charge in [0.05, 0.1) is 18.8 Å². The van der Waals surface area contributed by atoms with Crippen LogP contribution in [0.5, 0.6) is 5.75 Å². The topological polar surface area (TPSA) is 34.1 Å². The molecule has 3 nitrogen and oxygen atoms in total. The largest absolute Gasteiger partial charge is 0.492 e. The first-order valence-corrected chi connectivity index (χ1v) is 7.49. The number of ether oxygens (including phenoxy) is 1. The van der Waals surface area contributed by atoms with Crippen LogP contribution >= 0.6 is 11.3 Å². The summed E-state index contributed by atoms with van der Waals surface area (Å²) in [5.41, 5.74) is 2.54. The van der Waals surface area contributed by atoms with Crippen molar-refractivity contribution in [3.8, 4) is 5.75 Å². The fourth-order valence-corrected chi connectivity index (χ4v) is 3.31. The number of rotatable bonds is 6. The Morgan fingerprint density at radius 2 is 2.21 bits per heavy atom. The van der Waals surface area contributed by atoms with Crippen LogP contribution in [0.3, 0.4) is 0 Å². The fourth-order valence-electron chi connectivity index (χ4n) is 2.18. The molecule has 1 unspecified atom stereocenters. The first-order valence-electron chi connectivity index (χ1n) is 6.61. The minimum atomic E-state index is 0.183. The highest BCUT2D eigenvalue weighted by molar-refractivity contribution is 7.10. The van der Waals surface area contributed by atoms with Gasteiger partial charge in [-0.1, -0.05) is 6.92 Å². The van der Waals surface area contributed by atoms with E-state index in [0.717, 1.165) is 17.7 Å². The molecule has 0 aromatic carbocycles. The van der Waals surface area contributed by atoms with Crippen LogP contribution in [0, 0.1) is 0 Å². The van der Waals surface area contributed by atoms with Gasteiger partial charge in [0.25, 0.3) is 0 Å². The minimum Gasteiger partial charge on any atom is -0.492 e. The number of aryl methyl sites for hydroxylation is 1. The van der Waals surface area contributed by atoms with Crippen LogP contribution in [0.1, 0.15) is 35.9 Å². The van der Waals surface area contributed by atoms with Crippen molar-refractivity contribution >= 4 is 11.3 Å². The van der Waals surface area contributed by atoms with Gasteiger partial charge in [-0.05, 0) is 49.0 Å². The molecule has 1 atom stereocenters. The molecule has 0 spiro atoms. The highest BCUT2D eigenvalue weighted by Gasteiger charge is 2.17. The second-order valence-electron chi connectivity index (χ2n) is 4.27. The second-order valence-corrected chi connectivity index (χ2v) is 5.22. The molecular weight excluding hydrogens is 256 g/mol. The Morgan fingerprint density at radius 1 is 1.37 bits per heavy atom. The molecule has 2 aromatic heterocycles. The maximum absolute atomic E-state index is 5.53. The third kappa shape index (κ3) is 3.14. The zero-order chi connectivity index (χ0) is 13.7. The van der Waals surface area contributed by atoms with E-state index in [2.05, 4.69) is 34.7 Å². The lowest BCUT2D eigenvalue weighted by atomic mass is 10.0. The average molecular weight is 276 g/mol. The quantitative estimate of drug-likeness (QED) is 0.878. The molecule has 0 aliphatic carbocycles. The molecule has 0 fully saturated rings. The van der Waals surface area contributed by atoms with Crippen molar-refractivity contribution in [3.63, 3.8) is 0 Å². The Bertz CT molecular complexity index is 524. The van der Waals surface area contributed by atoms with E-state index in [4.69, 9.17) is 4.74 Å². The Morgan fingerprint density at radius 3 is 2.89 bits per heavy atom. The van der Waals surface area contributed by atoms with Crippen LogP contribution in [0.15, 0.2) is 29.9 Å². The molecule has 2 aromatic rings. The first kappa shape index (κ1) is 14.0. The molecule has 0 radical (unpaired) electrons. The third-order valence-corrected chi connectivity index (χ3v) is 4.12. The van der Waals surface area contributed by atoms with Crippen LogP contribution < -0.4 is 10.1 Å². The molecule has 2 rings (SSSR count). The molecule has 0 aliphatic rings. The highest BCUT2D eigenvalue weighted by Crippen LogP contribution is 2.30. The van der Waals surface area contributed by atoms with E-state index in [1.807, 2.05) is 20.2 Å². The van der Waals surface area contributed by atoms with E-state index >= 15 is 0 Å². The number of nitrogens with one attached hydrogen (secondary N) is 1. The SMILES string of the molecule is CCOc1cncc(C(NC)c2sccc2CC)c1. The van der Waals surface area contributed by atoms with E-state index in [1.165, 1.54) is 10.4 Å². The monoisotopic (exact) mass is 276 g/mol. The summed E-state index contributed by atoms with van der Waals surface area (Å²) in [5.74, 6) is 0.829. The van der Waals surface area contributed by atoms with Crippen LogP contribution in [0.2, 0.25) is 0 Å². The summed E-state index contributed by atoms with van der Waals surface area (Å²) in [5, 5.41) is 5.53. The van der Waals surface area contributed by atoms with Crippen LogP contribution in [-0.2, 0) is 6.42 Å². The van der Waals surface area contributed by atoms with E-state index in [-0.39, 0.29) is 6.04 Å². The van der Waals surface area contributed by atoms with Gasteiger partial charge < -0.3 is 10.1 Å². The first-order chi connectivity index (χ1) is 9.30. The van der Waals surface area contributed by atoms with Crippen LogP contribution in [0.25, 0.3) is 0 Å². The summed E-state index contributed by atoms with van der Waals surface area (Å²) in [7, 11) is 1.98. The predicted molar refractivity (Wildman–Crippen MR) is 80.0 cm³/mol. The van der Waals surface area contributed by atoms with Crippen molar-refractivity contribution in [2.45, 2.75) is 26.3 Å². The summed E-state index contributed by atoms with van der Waals surface area (Å²) in [6, 6.07) is 4.45. The fraction of sp³-hybridized carbons (Fsp3) is 0.400. The molecule has 0 saturated heterocycles. The van der Waals surface area contributed by atoms with E-state index < -0.39 is 0 Å². The molecule has 0 amide bonds. The summed E-state index contributed by atoms with van der Waals surface area (Å²) >= 11 is 1.79. The van der Waals surface area contributed by atoms with Crippen molar-refractivity contribution in [1.29, 1.82) is 0 Å². The summed E-state index contributed by atoms with van der Waals surface area (Å²) in [6.07, 6.45) is 4.72. The zero-order valence-corrected chi connectivity index (χ0v) is 12.5. The molecule has 0 bridgehead atoms.